The van der Waals surface area contributed by atoms with Crippen molar-refractivity contribution in [3.05, 3.63) is 57.6 Å². The minimum absolute atomic E-state index is 0.0775. The van der Waals surface area contributed by atoms with E-state index in [2.05, 4.69) is 10.3 Å². The zero-order valence-corrected chi connectivity index (χ0v) is 22.9. The van der Waals surface area contributed by atoms with Crippen molar-refractivity contribution < 1.29 is 22.7 Å². The molecule has 1 N–H and O–H groups in total. The minimum atomic E-state index is -3.72. The summed E-state index contributed by atoms with van der Waals surface area (Å²) in [6, 6.07) is 9.03. The van der Waals surface area contributed by atoms with E-state index in [4.69, 9.17) is 21.1 Å². The number of nitrogens with zero attached hydrogens (tertiary/aromatic N) is 3. The van der Waals surface area contributed by atoms with Crippen LogP contribution in [0.5, 0.6) is 5.75 Å². The Bertz CT molecular complexity index is 1230. The minimum Gasteiger partial charge on any atom is -0.497 e. The van der Waals surface area contributed by atoms with Gasteiger partial charge in [-0.05, 0) is 48.7 Å². The van der Waals surface area contributed by atoms with Gasteiger partial charge in [-0.15, -0.1) is 0 Å². The van der Waals surface area contributed by atoms with Gasteiger partial charge in [0.2, 0.25) is 15.9 Å². The van der Waals surface area contributed by atoms with E-state index in [1.54, 1.807) is 40.1 Å². The number of halogens is 1. The Hall–Kier alpha value is -2.66. The second-order valence-corrected chi connectivity index (χ2v) is 11.1. The number of likely N-dealkylation sites (N-methyl/N-ethyl adjacent to an activating group) is 2. The highest BCUT2D eigenvalue weighted by Gasteiger charge is 2.25. The molecule has 0 fully saturated rings. The summed E-state index contributed by atoms with van der Waals surface area (Å²) in [6.45, 7) is 5.38. The molecule has 36 heavy (non-hydrogen) atoms. The number of sulfonamides is 1. The molecule has 0 spiro atoms. The zero-order chi connectivity index (χ0) is 26.5. The summed E-state index contributed by atoms with van der Waals surface area (Å²) in [5.74, 6) is 1.20. The molecule has 0 aromatic heterocycles. The number of benzene rings is 2. The largest absolute Gasteiger partial charge is 0.497 e. The molecule has 0 aliphatic carbocycles. The van der Waals surface area contributed by atoms with Crippen molar-refractivity contribution in [1.29, 1.82) is 0 Å². The average Bonchev–Trinajstić information content (AvgIpc) is 3.37. The monoisotopic (exact) mass is 536 g/mol. The second-order valence-electron chi connectivity index (χ2n) is 8.68. The highest BCUT2D eigenvalue weighted by Crippen LogP contribution is 2.27. The van der Waals surface area contributed by atoms with Gasteiger partial charge in [0.15, 0.2) is 0 Å². The van der Waals surface area contributed by atoms with Crippen LogP contribution in [0.15, 0.2) is 40.2 Å². The molecule has 0 unspecified atom stereocenters. The summed E-state index contributed by atoms with van der Waals surface area (Å²) in [6.07, 6.45) is 0. The van der Waals surface area contributed by atoms with Crippen molar-refractivity contribution in [3.63, 3.8) is 0 Å². The van der Waals surface area contributed by atoms with E-state index >= 15 is 0 Å². The molecule has 11 heteroatoms. The molecule has 1 aliphatic heterocycles. The van der Waals surface area contributed by atoms with Crippen LogP contribution in [0.25, 0.3) is 0 Å². The smallest absolute Gasteiger partial charge is 0.248 e. The number of carbonyl (C=O) groups is 1. The summed E-state index contributed by atoms with van der Waals surface area (Å²) in [7, 11) is 0.983. The number of methoxy groups -OCH3 is 1. The molecule has 0 saturated heterocycles. The fourth-order valence-electron chi connectivity index (χ4n) is 3.93. The van der Waals surface area contributed by atoms with Gasteiger partial charge in [-0.2, -0.15) is 4.31 Å². The van der Waals surface area contributed by atoms with Crippen molar-refractivity contribution in [1.82, 2.24) is 14.5 Å². The van der Waals surface area contributed by atoms with E-state index in [9.17, 15) is 13.2 Å². The van der Waals surface area contributed by atoms with E-state index in [0.717, 1.165) is 30.1 Å². The van der Waals surface area contributed by atoms with Gasteiger partial charge >= 0.3 is 0 Å². The first kappa shape index (κ1) is 27.9. The first-order valence-electron chi connectivity index (χ1n) is 11.5. The van der Waals surface area contributed by atoms with Crippen molar-refractivity contribution >= 4 is 33.4 Å². The molecule has 0 radical (unpaired) electrons. The molecule has 1 amide bonds. The number of hydrogen-bond donors (Lipinski definition) is 1. The van der Waals surface area contributed by atoms with Crippen LogP contribution in [-0.2, 0) is 26.1 Å². The topological polar surface area (TPSA) is 101 Å². The molecular formula is C25H33ClN4O5S. The van der Waals surface area contributed by atoms with Crippen LogP contribution in [0.2, 0.25) is 5.02 Å². The number of hydrogen-bond acceptors (Lipinski definition) is 7. The lowest BCUT2D eigenvalue weighted by molar-refractivity contribution is -0.135. The van der Waals surface area contributed by atoms with Crippen LogP contribution < -0.4 is 10.1 Å². The number of amides is 1. The van der Waals surface area contributed by atoms with Crippen molar-refractivity contribution in [3.8, 4) is 5.75 Å². The van der Waals surface area contributed by atoms with E-state index in [-0.39, 0.29) is 30.6 Å². The molecular weight excluding hydrogens is 504 g/mol. The Morgan fingerprint density at radius 2 is 1.86 bits per heavy atom. The average molecular weight is 537 g/mol. The maximum Gasteiger partial charge on any atom is 0.248 e. The Labute approximate surface area is 218 Å². The van der Waals surface area contributed by atoms with Gasteiger partial charge in [0.1, 0.15) is 18.2 Å². The molecule has 0 bridgehead atoms. The number of nitrogens with one attached hydrogen (secondary N) is 1. The normalized spacial score (nSPS) is 13.5. The molecule has 2 aromatic carbocycles. The quantitative estimate of drug-likeness (QED) is 0.443. The third-order valence-corrected chi connectivity index (χ3v) is 8.46. The van der Waals surface area contributed by atoms with Crippen LogP contribution in [0.3, 0.4) is 0 Å². The number of amidine groups is 1. The molecule has 3 rings (SSSR count). The lowest BCUT2D eigenvalue weighted by Crippen LogP contribution is -2.33. The first-order valence-corrected chi connectivity index (χ1v) is 13.4. The van der Waals surface area contributed by atoms with Crippen LogP contribution in [0, 0.1) is 13.8 Å². The van der Waals surface area contributed by atoms with Crippen molar-refractivity contribution in [2.75, 3.05) is 54.1 Å². The fourth-order valence-corrected chi connectivity index (χ4v) is 5.73. The number of ether oxygens (including phenoxy) is 2. The van der Waals surface area contributed by atoms with Crippen LogP contribution in [-0.4, -0.2) is 83.4 Å². The van der Waals surface area contributed by atoms with Crippen molar-refractivity contribution in [2.45, 2.75) is 25.3 Å². The number of aliphatic imine (C=N–C) groups is 1. The van der Waals surface area contributed by atoms with Gasteiger partial charge in [0, 0.05) is 44.3 Å². The summed E-state index contributed by atoms with van der Waals surface area (Å²) in [4.78, 5) is 18.7. The summed E-state index contributed by atoms with van der Waals surface area (Å²) < 4.78 is 38.1. The highest BCUT2D eigenvalue weighted by atomic mass is 35.5. The van der Waals surface area contributed by atoms with Gasteiger partial charge in [-0.3, -0.25) is 9.79 Å². The predicted octanol–water partition coefficient (Wildman–Crippen LogP) is 2.61. The van der Waals surface area contributed by atoms with E-state index in [0.29, 0.717) is 28.4 Å². The SMILES string of the molecule is COc1cc(C)c(S(=O)(=O)N(C)CCOCC(=O)N(C)Cc2ccc(C3=NCCN3)cc2Cl)c(C)c1. The molecule has 1 aliphatic rings. The number of aryl methyl sites for hydroxylation is 2. The molecule has 196 valence electrons. The Balaban J connectivity index is 1.50. The summed E-state index contributed by atoms with van der Waals surface area (Å²) in [5, 5.41) is 3.76. The van der Waals surface area contributed by atoms with Gasteiger partial charge in [0.05, 0.1) is 25.2 Å². The van der Waals surface area contributed by atoms with Gasteiger partial charge < -0.3 is 19.7 Å². The maximum absolute atomic E-state index is 13.1. The molecule has 0 atom stereocenters. The van der Waals surface area contributed by atoms with E-state index in [1.807, 2.05) is 18.2 Å². The second kappa shape index (κ2) is 12.1. The fraction of sp³-hybridized carbons (Fsp3) is 0.440. The van der Waals surface area contributed by atoms with Crippen LogP contribution in [0.1, 0.15) is 22.3 Å². The molecule has 2 aromatic rings. The number of carbonyl (C=O) groups excluding carboxylic acids is 1. The Morgan fingerprint density at radius 1 is 1.17 bits per heavy atom. The van der Waals surface area contributed by atoms with Crippen LogP contribution >= 0.6 is 11.6 Å². The predicted molar refractivity (Wildman–Crippen MR) is 140 cm³/mol. The third-order valence-electron chi connectivity index (χ3n) is 5.95. The first-order chi connectivity index (χ1) is 17.0. The van der Waals surface area contributed by atoms with Gasteiger partial charge in [-0.25, -0.2) is 8.42 Å². The lowest BCUT2D eigenvalue weighted by atomic mass is 10.1. The maximum atomic E-state index is 13.1. The van der Waals surface area contributed by atoms with Crippen molar-refractivity contribution in [2.24, 2.45) is 4.99 Å². The standard InChI is InChI=1S/C25H33ClN4O5S/c1-17-12-21(34-5)13-18(2)24(17)36(32,33)30(4)10-11-35-16-23(31)29(3)15-20-7-6-19(14-22(20)26)25-27-8-9-28-25/h6-7,12-14H,8-11,15-16H2,1-5H3,(H,27,28). The Morgan fingerprint density at radius 3 is 2.44 bits per heavy atom. The van der Waals surface area contributed by atoms with Gasteiger partial charge in [-0.1, -0.05) is 23.7 Å². The molecule has 1 heterocycles. The molecule has 0 saturated carbocycles. The zero-order valence-electron chi connectivity index (χ0n) is 21.3. The number of rotatable bonds is 11. The van der Waals surface area contributed by atoms with Gasteiger partial charge in [0.25, 0.3) is 0 Å². The summed E-state index contributed by atoms with van der Waals surface area (Å²) in [5.41, 5.74) is 2.94. The van der Waals surface area contributed by atoms with E-state index < -0.39 is 10.0 Å². The lowest BCUT2D eigenvalue weighted by Gasteiger charge is -2.21. The molecule has 9 nitrogen and oxygen atoms in total. The Kier molecular flexibility index (Phi) is 9.35. The van der Waals surface area contributed by atoms with Crippen LogP contribution in [0.4, 0.5) is 0 Å². The third kappa shape index (κ3) is 6.56. The highest BCUT2D eigenvalue weighted by molar-refractivity contribution is 7.89. The summed E-state index contributed by atoms with van der Waals surface area (Å²) >= 11 is 6.43. The van der Waals surface area contributed by atoms with E-state index in [1.165, 1.54) is 16.3 Å².